The molecule has 4 aromatic carbocycles. The van der Waals surface area contributed by atoms with E-state index in [0.29, 0.717) is 41.2 Å². The maximum absolute atomic E-state index is 13.0. The Labute approximate surface area is 228 Å². The minimum Gasteiger partial charge on any atom is -0.497 e. The van der Waals surface area contributed by atoms with Gasteiger partial charge in [0.15, 0.2) is 0 Å². The van der Waals surface area contributed by atoms with Crippen LogP contribution in [0.2, 0.25) is 0 Å². The predicted molar refractivity (Wildman–Crippen MR) is 152 cm³/mol. The van der Waals surface area contributed by atoms with Crippen molar-refractivity contribution in [3.63, 3.8) is 0 Å². The third-order valence-corrected chi connectivity index (χ3v) is 7.97. The fourth-order valence-electron chi connectivity index (χ4n) is 3.91. The Balaban J connectivity index is 1.41. The molecule has 8 nitrogen and oxygen atoms in total. The summed E-state index contributed by atoms with van der Waals surface area (Å²) in [5.41, 5.74) is 2.54. The van der Waals surface area contributed by atoms with Gasteiger partial charge >= 0.3 is 0 Å². The van der Waals surface area contributed by atoms with E-state index in [1.54, 1.807) is 48.5 Å². The first-order valence-electron chi connectivity index (χ1n) is 12.2. The Hall–Kier alpha value is -4.63. The maximum Gasteiger partial charge on any atom is 0.264 e. The number of anilines is 2. The van der Waals surface area contributed by atoms with Crippen LogP contribution in [0.15, 0.2) is 108 Å². The maximum atomic E-state index is 13.0. The minimum atomic E-state index is -3.81. The molecule has 0 fully saturated rings. The lowest BCUT2D eigenvalue weighted by Crippen LogP contribution is -2.27. The van der Waals surface area contributed by atoms with Crippen LogP contribution < -0.4 is 19.7 Å². The number of methoxy groups -OCH3 is 1. The van der Waals surface area contributed by atoms with E-state index in [-0.39, 0.29) is 10.8 Å². The smallest absolute Gasteiger partial charge is 0.264 e. The monoisotopic (exact) mass is 543 g/mol. The normalized spacial score (nSPS) is 10.9. The Bertz CT molecular complexity index is 1540. The second-order valence-corrected chi connectivity index (χ2v) is 10.7. The van der Waals surface area contributed by atoms with Gasteiger partial charge in [-0.1, -0.05) is 42.5 Å². The molecule has 0 saturated heterocycles. The molecule has 2 amide bonds. The van der Waals surface area contributed by atoms with Gasteiger partial charge in [0.2, 0.25) is 0 Å². The summed E-state index contributed by atoms with van der Waals surface area (Å²) in [5, 5.41) is 5.68. The number of hydrogen-bond acceptors (Lipinski definition) is 5. The minimum absolute atomic E-state index is 0.117. The number of para-hydroxylation sites is 1. The highest BCUT2D eigenvalue weighted by molar-refractivity contribution is 7.92. The number of ether oxygens (including phenoxy) is 1. The van der Waals surface area contributed by atoms with Crippen LogP contribution in [0.3, 0.4) is 0 Å². The quantitative estimate of drug-likeness (QED) is 0.301. The topological polar surface area (TPSA) is 105 Å². The largest absolute Gasteiger partial charge is 0.497 e. The molecule has 0 aliphatic carbocycles. The highest BCUT2D eigenvalue weighted by atomic mass is 32.2. The number of nitrogens with one attached hydrogen (secondary N) is 2. The van der Waals surface area contributed by atoms with E-state index in [1.807, 2.05) is 30.3 Å². The Morgan fingerprint density at radius 2 is 1.44 bits per heavy atom. The number of sulfonamides is 1. The molecule has 2 N–H and O–H groups in total. The lowest BCUT2D eigenvalue weighted by molar-refractivity contribution is 0.0955. The standard InChI is InChI=1S/C30H29N3O5S/c1-33(39(36,37)26-18-16-25(38-2)17-19-26)24-14-12-23(13-15-24)29(34)32-28-11-7-6-10-27(28)30(35)31-21-20-22-8-4-3-5-9-22/h3-19H,20-21H2,1-2H3,(H,31,35)(H,32,34). The summed E-state index contributed by atoms with van der Waals surface area (Å²) in [6.07, 6.45) is 0.691. The predicted octanol–water partition coefficient (Wildman–Crippen LogP) is 4.75. The van der Waals surface area contributed by atoms with Crippen molar-refractivity contribution in [1.82, 2.24) is 5.32 Å². The van der Waals surface area contributed by atoms with Crippen LogP contribution in [0.5, 0.6) is 5.75 Å². The van der Waals surface area contributed by atoms with Crippen LogP contribution in [0.25, 0.3) is 0 Å². The zero-order chi connectivity index (χ0) is 27.8. The number of hydrogen-bond donors (Lipinski definition) is 2. The molecule has 0 spiro atoms. The molecule has 0 aromatic heterocycles. The van der Waals surface area contributed by atoms with Gasteiger partial charge in [0.05, 0.1) is 28.9 Å². The van der Waals surface area contributed by atoms with Crippen molar-refractivity contribution < 1.29 is 22.7 Å². The number of carbonyl (C=O) groups excluding carboxylic acids is 2. The van der Waals surface area contributed by atoms with Gasteiger partial charge in [-0.15, -0.1) is 0 Å². The lowest BCUT2D eigenvalue weighted by atomic mass is 10.1. The van der Waals surface area contributed by atoms with E-state index in [4.69, 9.17) is 4.74 Å². The molecule has 0 aliphatic heterocycles. The van der Waals surface area contributed by atoms with Crippen molar-refractivity contribution in [2.75, 3.05) is 30.3 Å². The van der Waals surface area contributed by atoms with Crippen LogP contribution in [0.1, 0.15) is 26.3 Å². The van der Waals surface area contributed by atoms with E-state index in [0.717, 1.165) is 9.87 Å². The van der Waals surface area contributed by atoms with Gasteiger partial charge in [-0.2, -0.15) is 0 Å². The summed E-state index contributed by atoms with van der Waals surface area (Å²) >= 11 is 0. The molecule has 9 heteroatoms. The van der Waals surface area contributed by atoms with Crippen molar-refractivity contribution in [3.8, 4) is 5.75 Å². The van der Waals surface area contributed by atoms with Crippen LogP contribution in [-0.2, 0) is 16.4 Å². The highest BCUT2D eigenvalue weighted by Gasteiger charge is 2.22. The van der Waals surface area contributed by atoms with Crippen molar-refractivity contribution >= 4 is 33.2 Å². The molecule has 0 aliphatic rings. The average molecular weight is 544 g/mol. The fraction of sp³-hybridized carbons (Fsp3) is 0.133. The first kappa shape index (κ1) is 27.4. The van der Waals surface area contributed by atoms with Gasteiger partial charge < -0.3 is 15.4 Å². The number of carbonyl (C=O) groups is 2. The van der Waals surface area contributed by atoms with Crippen LogP contribution >= 0.6 is 0 Å². The van der Waals surface area contributed by atoms with Gasteiger partial charge in [0.25, 0.3) is 21.8 Å². The molecule has 0 heterocycles. The second kappa shape index (κ2) is 12.3. The Morgan fingerprint density at radius 1 is 0.795 bits per heavy atom. The van der Waals surface area contributed by atoms with Crippen molar-refractivity contribution in [2.45, 2.75) is 11.3 Å². The average Bonchev–Trinajstić information content (AvgIpc) is 2.97. The second-order valence-electron chi connectivity index (χ2n) is 8.69. The third kappa shape index (κ3) is 6.63. The molecule has 4 aromatic rings. The molecule has 0 bridgehead atoms. The Kier molecular flexibility index (Phi) is 8.63. The van der Waals surface area contributed by atoms with Crippen LogP contribution in [0, 0.1) is 0 Å². The number of amides is 2. The first-order chi connectivity index (χ1) is 18.8. The lowest BCUT2D eigenvalue weighted by Gasteiger charge is -2.20. The van der Waals surface area contributed by atoms with Gasteiger partial charge in [-0.3, -0.25) is 13.9 Å². The molecule has 200 valence electrons. The molecule has 0 unspecified atom stereocenters. The fourth-order valence-corrected chi connectivity index (χ4v) is 5.11. The molecule has 0 saturated carbocycles. The van der Waals surface area contributed by atoms with Crippen molar-refractivity contribution in [2.24, 2.45) is 0 Å². The zero-order valence-electron chi connectivity index (χ0n) is 21.6. The van der Waals surface area contributed by atoms with Crippen LogP contribution in [0.4, 0.5) is 11.4 Å². The summed E-state index contributed by atoms with van der Waals surface area (Å²) in [6, 6.07) is 28.9. The van der Waals surface area contributed by atoms with E-state index < -0.39 is 15.9 Å². The zero-order valence-corrected chi connectivity index (χ0v) is 22.4. The summed E-state index contributed by atoms with van der Waals surface area (Å²) < 4.78 is 32.3. The summed E-state index contributed by atoms with van der Waals surface area (Å²) in [4.78, 5) is 25.9. The van der Waals surface area contributed by atoms with E-state index in [1.165, 1.54) is 38.4 Å². The number of benzene rings is 4. The van der Waals surface area contributed by atoms with E-state index in [2.05, 4.69) is 10.6 Å². The molecular formula is C30H29N3O5S. The van der Waals surface area contributed by atoms with Gasteiger partial charge in [-0.05, 0) is 72.6 Å². The van der Waals surface area contributed by atoms with Gasteiger partial charge in [0.1, 0.15) is 5.75 Å². The molecule has 0 atom stereocenters. The number of nitrogens with zero attached hydrogens (tertiary/aromatic N) is 1. The van der Waals surface area contributed by atoms with Crippen molar-refractivity contribution in [3.05, 3.63) is 120 Å². The van der Waals surface area contributed by atoms with Crippen molar-refractivity contribution in [1.29, 1.82) is 0 Å². The third-order valence-electron chi connectivity index (χ3n) is 6.17. The van der Waals surface area contributed by atoms with Gasteiger partial charge in [0, 0.05) is 19.2 Å². The molecule has 39 heavy (non-hydrogen) atoms. The van der Waals surface area contributed by atoms with Gasteiger partial charge in [-0.25, -0.2) is 8.42 Å². The molecule has 0 radical (unpaired) electrons. The Morgan fingerprint density at radius 3 is 2.10 bits per heavy atom. The molecular weight excluding hydrogens is 514 g/mol. The van der Waals surface area contributed by atoms with Crippen LogP contribution in [-0.4, -0.2) is 40.9 Å². The van der Waals surface area contributed by atoms with E-state index >= 15 is 0 Å². The summed E-state index contributed by atoms with van der Waals surface area (Å²) in [7, 11) is -0.853. The number of rotatable bonds is 10. The summed E-state index contributed by atoms with van der Waals surface area (Å²) in [6.45, 7) is 0.458. The first-order valence-corrected chi connectivity index (χ1v) is 13.7. The van der Waals surface area contributed by atoms with E-state index in [9.17, 15) is 18.0 Å². The SMILES string of the molecule is COc1ccc(S(=O)(=O)N(C)c2ccc(C(=O)Nc3ccccc3C(=O)NCCc3ccccc3)cc2)cc1. The summed E-state index contributed by atoms with van der Waals surface area (Å²) in [5.74, 6) is -0.160. The molecule has 4 rings (SSSR count). The highest BCUT2D eigenvalue weighted by Crippen LogP contribution is 2.24.